The average Bonchev–Trinajstić information content (AvgIpc) is 2.99. The third-order valence-corrected chi connectivity index (χ3v) is 6.86. The zero-order chi connectivity index (χ0) is 29.5. The van der Waals surface area contributed by atoms with Gasteiger partial charge in [0.05, 0.1) is 25.5 Å². The Morgan fingerprint density at radius 1 is 0.756 bits per heavy atom. The molecule has 0 radical (unpaired) electrons. The standard InChI is InChI=1S/C34H50N2O5/c1-4-6-7-8-9-10-11-12-13-14-15-16-17-18-33(37)36-35-27-28-19-24-31(32(26-28)39-3)41-34(38)29-20-22-30(23-21-29)40-25-5-2/h19-24,26-27H,4-18,25H2,1-3H3,(H,36,37)/b35-27-. The van der Waals surface area contributed by atoms with Gasteiger partial charge in [-0.05, 0) is 60.9 Å². The first-order valence-electron chi connectivity index (χ1n) is 15.5. The molecule has 0 aliphatic heterocycles. The van der Waals surface area contributed by atoms with E-state index >= 15 is 0 Å². The van der Waals surface area contributed by atoms with E-state index in [1.807, 2.05) is 6.92 Å². The summed E-state index contributed by atoms with van der Waals surface area (Å²) in [6.45, 7) is 4.92. The van der Waals surface area contributed by atoms with Crippen molar-refractivity contribution in [3.05, 3.63) is 53.6 Å². The van der Waals surface area contributed by atoms with Gasteiger partial charge in [0.1, 0.15) is 5.75 Å². The Labute approximate surface area is 247 Å². The number of benzene rings is 2. The Balaban J connectivity index is 1.63. The van der Waals surface area contributed by atoms with Gasteiger partial charge < -0.3 is 14.2 Å². The molecule has 0 fully saturated rings. The van der Waals surface area contributed by atoms with Crippen LogP contribution in [0.4, 0.5) is 0 Å². The molecule has 0 unspecified atom stereocenters. The van der Waals surface area contributed by atoms with Gasteiger partial charge in [-0.2, -0.15) is 5.10 Å². The van der Waals surface area contributed by atoms with Gasteiger partial charge in [0.15, 0.2) is 11.5 Å². The molecule has 0 aliphatic rings. The minimum Gasteiger partial charge on any atom is -0.494 e. The number of unbranched alkanes of at least 4 members (excludes halogenated alkanes) is 12. The molecular weight excluding hydrogens is 516 g/mol. The Bertz CT molecular complexity index is 1040. The summed E-state index contributed by atoms with van der Waals surface area (Å²) < 4.78 is 16.5. The average molecular weight is 567 g/mol. The third-order valence-electron chi connectivity index (χ3n) is 6.86. The maximum absolute atomic E-state index is 12.6. The molecule has 2 aromatic rings. The summed E-state index contributed by atoms with van der Waals surface area (Å²) in [5.74, 6) is 0.817. The lowest BCUT2D eigenvalue weighted by Crippen LogP contribution is -2.16. The van der Waals surface area contributed by atoms with Crippen LogP contribution < -0.4 is 19.6 Å². The van der Waals surface area contributed by atoms with Crippen molar-refractivity contribution in [3.63, 3.8) is 0 Å². The molecule has 0 atom stereocenters. The molecule has 7 heteroatoms. The lowest BCUT2D eigenvalue weighted by Gasteiger charge is -2.10. The van der Waals surface area contributed by atoms with Crippen molar-refractivity contribution in [1.29, 1.82) is 0 Å². The number of hydrogen-bond acceptors (Lipinski definition) is 6. The number of rotatable bonds is 22. The van der Waals surface area contributed by atoms with Crippen LogP contribution in [0.25, 0.3) is 0 Å². The number of esters is 1. The van der Waals surface area contributed by atoms with Crippen molar-refractivity contribution in [2.75, 3.05) is 13.7 Å². The molecule has 226 valence electrons. The molecule has 0 aliphatic carbocycles. The van der Waals surface area contributed by atoms with Gasteiger partial charge in [0.25, 0.3) is 0 Å². The van der Waals surface area contributed by atoms with E-state index in [0.29, 0.717) is 41.4 Å². The molecule has 1 N–H and O–H groups in total. The number of hydrazone groups is 1. The summed E-state index contributed by atoms with van der Waals surface area (Å²) >= 11 is 0. The van der Waals surface area contributed by atoms with Crippen LogP contribution >= 0.6 is 0 Å². The summed E-state index contributed by atoms with van der Waals surface area (Å²) in [5.41, 5.74) is 3.71. The van der Waals surface area contributed by atoms with Crippen molar-refractivity contribution in [2.24, 2.45) is 5.10 Å². The van der Waals surface area contributed by atoms with Crippen LogP contribution in [0, 0.1) is 0 Å². The fourth-order valence-corrected chi connectivity index (χ4v) is 4.45. The maximum atomic E-state index is 12.6. The van der Waals surface area contributed by atoms with Crippen molar-refractivity contribution >= 4 is 18.1 Å². The summed E-state index contributed by atoms with van der Waals surface area (Å²) in [6, 6.07) is 11.9. The van der Waals surface area contributed by atoms with Crippen LogP contribution in [-0.2, 0) is 4.79 Å². The molecule has 0 heterocycles. The molecular formula is C34H50N2O5. The number of amides is 1. The molecule has 41 heavy (non-hydrogen) atoms. The predicted molar refractivity (Wildman–Crippen MR) is 166 cm³/mol. The van der Waals surface area contributed by atoms with Crippen LogP contribution in [0.2, 0.25) is 0 Å². The summed E-state index contributed by atoms with van der Waals surface area (Å²) in [7, 11) is 1.50. The summed E-state index contributed by atoms with van der Waals surface area (Å²) in [6.07, 6.45) is 19.5. The lowest BCUT2D eigenvalue weighted by atomic mass is 10.0. The SMILES string of the molecule is CCCCCCCCCCCCCCCC(=O)N/N=C\c1ccc(OC(=O)c2ccc(OCCC)cc2)c(OC)c1. The Morgan fingerprint density at radius 3 is 1.95 bits per heavy atom. The van der Waals surface area contributed by atoms with E-state index in [1.165, 1.54) is 77.7 Å². The van der Waals surface area contributed by atoms with Gasteiger partial charge in [0.2, 0.25) is 5.91 Å². The number of carbonyl (C=O) groups is 2. The van der Waals surface area contributed by atoms with Crippen LogP contribution in [0.5, 0.6) is 17.2 Å². The molecule has 0 saturated heterocycles. The monoisotopic (exact) mass is 566 g/mol. The van der Waals surface area contributed by atoms with Gasteiger partial charge in [-0.1, -0.05) is 90.9 Å². The van der Waals surface area contributed by atoms with Crippen LogP contribution in [-0.4, -0.2) is 31.8 Å². The number of nitrogens with one attached hydrogen (secondary N) is 1. The van der Waals surface area contributed by atoms with Crippen molar-refractivity contribution in [1.82, 2.24) is 5.43 Å². The highest BCUT2D eigenvalue weighted by Gasteiger charge is 2.13. The predicted octanol–water partition coefficient (Wildman–Crippen LogP) is 8.63. The number of hydrogen-bond donors (Lipinski definition) is 1. The van der Waals surface area contributed by atoms with E-state index in [4.69, 9.17) is 14.2 Å². The summed E-state index contributed by atoms with van der Waals surface area (Å²) in [4.78, 5) is 24.7. The van der Waals surface area contributed by atoms with Crippen molar-refractivity contribution in [3.8, 4) is 17.2 Å². The minimum atomic E-state index is -0.493. The highest BCUT2D eigenvalue weighted by molar-refractivity contribution is 5.91. The zero-order valence-corrected chi connectivity index (χ0v) is 25.4. The van der Waals surface area contributed by atoms with Gasteiger partial charge in [-0.15, -0.1) is 0 Å². The number of nitrogens with zero attached hydrogens (tertiary/aromatic N) is 1. The van der Waals surface area contributed by atoms with Crippen LogP contribution in [0.1, 0.15) is 126 Å². The second kappa shape index (κ2) is 21.4. The molecule has 0 saturated carbocycles. The fraction of sp³-hybridized carbons (Fsp3) is 0.559. The molecule has 0 aromatic heterocycles. The minimum absolute atomic E-state index is 0.0899. The highest BCUT2D eigenvalue weighted by atomic mass is 16.6. The Kier molecular flexibility index (Phi) is 17.7. The van der Waals surface area contributed by atoms with Gasteiger partial charge in [-0.25, -0.2) is 10.2 Å². The van der Waals surface area contributed by atoms with Gasteiger partial charge in [-0.3, -0.25) is 4.79 Å². The van der Waals surface area contributed by atoms with Gasteiger partial charge >= 0.3 is 5.97 Å². The van der Waals surface area contributed by atoms with E-state index in [-0.39, 0.29) is 5.91 Å². The first kappa shape index (κ1) is 33.9. The van der Waals surface area contributed by atoms with E-state index in [0.717, 1.165) is 19.3 Å². The smallest absolute Gasteiger partial charge is 0.343 e. The molecule has 2 aromatic carbocycles. The topological polar surface area (TPSA) is 86.2 Å². The lowest BCUT2D eigenvalue weighted by molar-refractivity contribution is -0.121. The normalized spacial score (nSPS) is 11.0. The van der Waals surface area contributed by atoms with E-state index in [9.17, 15) is 9.59 Å². The van der Waals surface area contributed by atoms with E-state index in [2.05, 4.69) is 17.5 Å². The van der Waals surface area contributed by atoms with Crippen LogP contribution in [0.15, 0.2) is 47.6 Å². The summed E-state index contributed by atoms with van der Waals surface area (Å²) in [5, 5.41) is 4.07. The largest absolute Gasteiger partial charge is 0.494 e. The van der Waals surface area contributed by atoms with Crippen molar-refractivity contribution in [2.45, 2.75) is 110 Å². The molecule has 0 bridgehead atoms. The van der Waals surface area contributed by atoms with Crippen molar-refractivity contribution < 1.29 is 23.8 Å². The number of methoxy groups -OCH3 is 1. The maximum Gasteiger partial charge on any atom is 0.343 e. The first-order chi connectivity index (χ1) is 20.1. The quantitative estimate of drug-likeness (QED) is 0.0507. The second-order valence-corrected chi connectivity index (χ2v) is 10.5. The molecule has 0 spiro atoms. The second-order valence-electron chi connectivity index (χ2n) is 10.5. The zero-order valence-electron chi connectivity index (χ0n) is 25.4. The van der Waals surface area contributed by atoms with Crippen LogP contribution in [0.3, 0.4) is 0 Å². The van der Waals surface area contributed by atoms with E-state index in [1.54, 1.807) is 48.7 Å². The first-order valence-corrected chi connectivity index (χ1v) is 15.5. The van der Waals surface area contributed by atoms with Gasteiger partial charge in [0, 0.05) is 6.42 Å². The molecule has 2 rings (SSSR count). The molecule has 7 nitrogen and oxygen atoms in total. The Morgan fingerprint density at radius 2 is 1.37 bits per heavy atom. The number of carbonyl (C=O) groups excluding carboxylic acids is 2. The third kappa shape index (κ3) is 14.7. The molecule has 1 amide bonds. The highest BCUT2D eigenvalue weighted by Crippen LogP contribution is 2.28. The van der Waals surface area contributed by atoms with E-state index < -0.39 is 5.97 Å². The number of ether oxygens (including phenoxy) is 3. The fourth-order valence-electron chi connectivity index (χ4n) is 4.45. The Hall–Kier alpha value is -3.35.